The van der Waals surface area contributed by atoms with Crippen molar-refractivity contribution < 1.29 is 33.6 Å². The van der Waals surface area contributed by atoms with Gasteiger partial charge in [0.25, 0.3) is 0 Å². The molecule has 8 nitrogen and oxygen atoms in total. The number of methoxy groups -OCH3 is 1. The van der Waals surface area contributed by atoms with Crippen LogP contribution in [-0.2, 0) is 16.0 Å². The molecule has 0 fully saturated rings. The highest BCUT2D eigenvalue weighted by Gasteiger charge is 2.29. The minimum Gasteiger partial charge on any atom is -0.496 e. The Bertz CT molecular complexity index is 1450. The summed E-state index contributed by atoms with van der Waals surface area (Å²) in [5.74, 6) is 0.640. The highest BCUT2D eigenvalue weighted by molar-refractivity contribution is 5.79. The van der Waals surface area contributed by atoms with Crippen molar-refractivity contribution in [3.63, 3.8) is 0 Å². The minimum absolute atomic E-state index is 0.00987. The number of rotatable bonds is 11. The highest BCUT2D eigenvalue weighted by atomic mass is 16.6. The molecule has 40 heavy (non-hydrogen) atoms. The van der Waals surface area contributed by atoms with Gasteiger partial charge in [0.2, 0.25) is 0 Å². The molecule has 0 aromatic heterocycles. The van der Waals surface area contributed by atoms with Crippen molar-refractivity contribution in [2.45, 2.75) is 12.3 Å². The fourth-order valence-corrected chi connectivity index (χ4v) is 4.86. The van der Waals surface area contributed by atoms with Crippen molar-refractivity contribution >= 4 is 12.1 Å². The molecule has 0 saturated heterocycles. The molecule has 0 spiro atoms. The number of fused-ring (bicyclic) bond motifs is 3. The molecule has 2 N–H and O–H groups in total. The molecule has 5 rings (SSSR count). The third-order valence-electron chi connectivity index (χ3n) is 6.74. The molecular weight excluding hydrogens is 510 g/mol. The maximum absolute atomic E-state index is 12.4. The Morgan fingerprint density at radius 2 is 1.48 bits per heavy atom. The molecule has 0 bridgehead atoms. The molecule has 0 atom stereocenters. The van der Waals surface area contributed by atoms with E-state index in [0.29, 0.717) is 23.7 Å². The largest absolute Gasteiger partial charge is 0.496 e. The first-order chi connectivity index (χ1) is 19.5. The van der Waals surface area contributed by atoms with Crippen LogP contribution < -0.4 is 19.5 Å². The quantitative estimate of drug-likeness (QED) is 0.238. The lowest BCUT2D eigenvalue weighted by atomic mass is 9.98. The van der Waals surface area contributed by atoms with E-state index in [2.05, 4.69) is 29.6 Å². The maximum atomic E-state index is 12.4. The van der Waals surface area contributed by atoms with E-state index in [1.165, 1.54) is 11.1 Å². The zero-order valence-corrected chi connectivity index (χ0v) is 22.0. The Kier molecular flexibility index (Phi) is 8.15. The maximum Gasteiger partial charge on any atom is 0.409 e. The lowest BCUT2D eigenvalue weighted by Gasteiger charge is -2.15. The lowest BCUT2D eigenvalue weighted by Crippen LogP contribution is -2.29. The van der Waals surface area contributed by atoms with Crippen LogP contribution in [0, 0.1) is 0 Å². The number of hydrogen-bond donors (Lipinski definition) is 2. The standard InChI is InChI=1S/C32H29NO7/c1-37-30-17-24(15-12-22(30)16-21-10-13-23(14-11-21)38-19-31(34)35)40-20-33-32(36)39-18-29-27-8-4-2-6-25(27)26-7-3-5-9-28(26)29/h2-15,17,29H,16,18-20H2,1H3,(H,33,36)(H,34,35). The fraction of sp³-hybridized carbons (Fsp3) is 0.188. The Labute approximate surface area is 232 Å². The van der Waals surface area contributed by atoms with Crippen LogP contribution in [0.25, 0.3) is 11.1 Å². The first-order valence-electron chi connectivity index (χ1n) is 12.8. The molecule has 204 valence electrons. The predicted molar refractivity (Wildman–Crippen MR) is 149 cm³/mol. The summed E-state index contributed by atoms with van der Waals surface area (Å²) in [5, 5.41) is 11.4. The Hall–Kier alpha value is -4.98. The molecule has 0 radical (unpaired) electrons. The van der Waals surface area contributed by atoms with E-state index in [9.17, 15) is 9.59 Å². The molecule has 0 heterocycles. The fourth-order valence-electron chi connectivity index (χ4n) is 4.86. The van der Waals surface area contributed by atoms with E-state index in [1.807, 2.05) is 48.5 Å². The van der Waals surface area contributed by atoms with Gasteiger partial charge in [-0.2, -0.15) is 0 Å². The van der Waals surface area contributed by atoms with Crippen LogP contribution in [0.2, 0.25) is 0 Å². The number of carboxylic acids is 1. The zero-order valence-electron chi connectivity index (χ0n) is 22.0. The second kappa shape index (κ2) is 12.3. The smallest absolute Gasteiger partial charge is 0.409 e. The summed E-state index contributed by atoms with van der Waals surface area (Å²) in [5.41, 5.74) is 6.61. The summed E-state index contributed by atoms with van der Waals surface area (Å²) >= 11 is 0. The summed E-state index contributed by atoms with van der Waals surface area (Å²) in [6.45, 7) is -0.212. The van der Waals surface area contributed by atoms with Crippen LogP contribution in [0.3, 0.4) is 0 Å². The summed E-state index contributed by atoms with van der Waals surface area (Å²) in [6, 6.07) is 29.1. The van der Waals surface area contributed by atoms with Crippen LogP contribution in [0.15, 0.2) is 91.0 Å². The topological polar surface area (TPSA) is 103 Å². The number of carboxylic acid groups (broad SMARTS) is 1. The number of nitrogens with one attached hydrogen (secondary N) is 1. The van der Waals surface area contributed by atoms with E-state index in [0.717, 1.165) is 22.3 Å². The van der Waals surface area contributed by atoms with Gasteiger partial charge >= 0.3 is 12.1 Å². The molecule has 0 saturated carbocycles. The van der Waals surface area contributed by atoms with Crippen LogP contribution in [-0.4, -0.2) is 44.2 Å². The number of carbonyl (C=O) groups is 2. The molecule has 4 aromatic rings. The van der Waals surface area contributed by atoms with Crippen LogP contribution in [0.4, 0.5) is 4.79 Å². The van der Waals surface area contributed by atoms with Gasteiger partial charge in [0.15, 0.2) is 13.3 Å². The van der Waals surface area contributed by atoms with Crippen molar-refractivity contribution in [1.29, 1.82) is 0 Å². The molecular formula is C32H29NO7. The summed E-state index contributed by atoms with van der Waals surface area (Å²) < 4.78 is 22.0. The number of aliphatic carboxylic acids is 1. The second-order valence-electron chi connectivity index (χ2n) is 9.27. The second-order valence-corrected chi connectivity index (χ2v) is 9.27. The zero-order chi connectivity index (χ0) is 27.9. The minimum atomic E-state index is -1.02. The number of amides is 1. The van der Waals surface area contributed by atoms with Gasteiger partial charge in [-0.25, -0.2) is 9.59 Å². The summed E-state index contributed by atoms with van der Waals surface area (Å²) in [7, 11) is 1.58. The molecule has 8 heteroatoms. The number of hydrogen-bond acceptors (Lipinski definition) is 6. The lowest BCUT2D eigenvalue weighted by molar-refractivity contribution is -0.139. The monoisotopic (exact) mass is 539 g/mol. The Morgan fingerprint density at radius 3 is 2.12 bits per heavy atom. The number of carbonyl (C=O) groups excluding carboxylic acids is 1. The van der Waals surface area contributed by atoms with Gasteiger partial charge in [0.05, 0.1) is 7.11 Å². The number of ether oxygens (including phenoxy) is 4. The third-order valence-corrected chi connectivity index (χ3v) is 6.74. The van der Waals surface area contributed by atoms with Gasteiger partial charge in [-0.15, -0.1) is 0 Å². The van der Waals surface area contributed by atoms with E-state index in [1.54, 1.807) is 25.3 Å². The molecule has 1 aliphatic rings. The molecule has 0 aliphatic heterocycles. The summed E-state index contributed by atoms with van der Waals surface area (Å²) in [4.78, 5) is 23.1. The predicted octanol–water partition coefficient (Wildman–Crippen LogP) is 5.62. The van der Waals surface area contributed by atoms with Gasteiger partial charge < -0.3 is 24.1 Å². The highest BCUT2D eigenvalue weighted by Crippen LogP contribution is 2.44. The van der Waals surface area contributed by atoms with E-state index < -0.39 is 12.1 Å². The van der Waals surface area contributed by atoms with Crippen molar-refractivity contribution in [1.82, 2.24) is 5.32 Å². The third kappa shape index (κ3) is 6.18. The number of alkyl carbamates (subject to hydrolysis) is 1. The van der Waals surface area contributed by atoms with Crippen LogP contribution >= 0.6 is 0 Å². The van der Waals surface area contributed by atoms with Gasteiger partial charge in [0.1, 0.15) is 23.9 Å². The van der Waals surface area contributed by atoms with E-state index in [-0.39, 0.29) is 25.9 Å². The van der Waals surface area contributed by atoms with Gasteiger partial charge in [0, 0.05) is 18.4 Å². The van der Waals surface area contributed by atoms with Gasteiger partial charge in [-0.1, -0.05) is 66.7 Å². The normalized spacial score (nSPS) is 11.7. The average Bonchev–Trinajstić information content (AvgIpc) is 3.30. The van der Waals surface area contributed by atoms with Crippen LogP contribution in [0.1, 0.15) is 28.2 Å². The van der Waals surface area contributed by atoms with Crippen molar-refractivity contribution in [3.8, 4) is 28.4 Å². The summed E-state index contributed by atoms with van der Waals surface area (Å²) in [6.07, 6.45) is 0.0435. The molecule has 0 unspecified atom stereocenters. The first-order valence-corrected chi connectivity index (χ1v) is 12.8. The van der Waals surface area contributed by atoms with Crippen molar-refractivity contribution in [2.24, 2.45) is 0 Å². The molecule has 1 amide bonds. The molecule has 1 aliphatic carbocycles. The van der Waals surface area contributed by atoms with Crippen molar-refractivity contribution in [2.75, 3.05) is 27.1 Å². The van der Waals surface area contributed by atoms with E-state index in [4.69, 9.17) is 24.1 Å². The Balaban J connectivity index is 1.12. The average molecular weight is 540 g/mol. The SMILES string of the molecule is COc1cc(OCNC(=O)OCC2c3ccccc3-c3ccccc32)ccc1Cc1ccc(OCC(=O)O)cc1. The van der Waals surface area contributed by atoms with Crippen molar-refractivity contribution in [3.05, 3.63) is 113 Å². The van der Waals surface area contributed by atoms with Gasteiger partial charge in [-0.05, 0) is 51.6 Å². The number of benzene rings is 4. The molecule has 4 aromatic carbocycles. The Morgan fingerprint density at radius 1 is 0.825 bits per heavy atom. The van der Waals surface area contributed by atoms with Gasteiger partial charge in [-0.3, -0.25) is 5.32 Å². The first kappa shape index (κ1) is 26.6. The van der Waals surface area contributed by atoms with Crippen LogP contribution in [0.5, 0.6) is 17.2 Å². The van der Waals surface area contributed by atoms with E-state index >= 15 is 0 Å².